The highest BCUT2D eigenvalue weighted by Gasteiger charge is 2.30. The molecule has 2 amide bonds. The van der Waals surface area contributed by atoms with E-state index in [-0.39, 0.29) is 23.3 Å². The summed E-state index contributed by atoms with van der Waals surface area (Å²) in [6, 6.07) is 0. The number of aromatic nitrogens is 1. The van der Waals surface area contributed by atoms with Crippen molar-refractivity contribution in [2.75, 3.05) is 13.1 Å². The number of likely N-dealkylation sites (tertiary alicyclic amines) is 1. The van der Waals surface area contributed by atoms with Gasteiger partial charge in [0.05, 0.1) is 5.69 Å². The molecule has 0 aromatic carbocycles. The third-order valence-electron chi connectivity index (χ3n) is 3.66. The van der Waals surface area contributed by atoms with Crippen LogP contribution in [0.3, 0.4) is 0 Å². The van der Waals surface area contributed by atoms with Crippen LogP contribution in [0.5, 0.6) is 0 Å². The van der Waals surface area contributed by atoms with Crippen molar-refractivity contribution in [3.8, 4) is 0 Å². The van der Waals surface area contributed by atoms with E-state index in [1.807, 2.05) is 0 Å². The Hall–Kier alpha value is -2.05. The molecule has 0 atom stereocenters. The molecule has 1 saturated heterocycles. The van der Waals surface area contributed by atoms with Crippen molar-refractivity contribution in [1.29, 1.82) is 0 Å². The van der Waals surface area contributed by atoms with Gasteiger partial charge in [-0.15, -0.1) is 0 Å². The predicted molar refractivity (Wildman–Crippen MR) is 66.5 cm³/mol. The van der Waals surface area contributed by atoms with E-state index in [9.17, 15) is 14.4 Å². The Morgan fingerprint density at radius 1 is 1.32 bits per heavy atom. The van der Waals surface area contributed by atoms with E-state index >= 15 is 0 Å². The first-order chi connectivity index (χ1) is 8.91. The van der Waals surface area contributed by atoms with Crippen LogP contribution in [0.25, 0.3) is 0 Å². The minimum Gasteiger partial charge on any atom is -0.369 e. The van der Waals surface area contributed by atoms with Crippen LogP contribution in [-0.4, -0.2) is 34.5 Å². The third kappa shape index (κ3) is 2.40. The van der Waals surface area contributed by atoms with E-state index in [2.05, 4.69) is 0 Å². The van der Waals surface area contributed by atoms with Crippen LogP contribution in [0.4, 0.5) is 0 Å². The average molecular weight is 267 g/mol. The van der Waals surface area contributed by atoms with Gasteiger partial charge >= 0.3 is 5.63 Å². The second-order valence-corrected chi connectivity index (χ2v) is 4.81. The maximum atomic E-state index is 12.3. The number of carbonyl (C=O) groups excluding carboxylic acids is 2. The van der Waals surface area contributed by atoms with Crippen LogP contribution in [0, 0.1) is 12.8 Å². The van der Waals surface area contributed by atoms with Crippen molar-refractivity contribution in [2.24, 2.45) is 18.7 Å². The fraction of sp³-hybridized carbons (Fsp3) is 0.583. The van der Waals surface area contributed by atoms with Crippen molar-refractivity contribution in [2.45, 2.75) is 19.8 Å². The van der Waals surface area contributed by atoms with Crippen LogP contribution >= 0.6 is 0 Å². The molecule has 7 heteroatoms. The number of nitrogens with zero attached hydrogens (tertiary/aromatic N) is 2. The van der Waals surface area contributed by atoms with Gasteiger partial charge in [0.25, 0.3) is 5.91 Å². The second kappa shape index (κ2) is 4.91. The summed E-state index contributed by atoms with van der Waals surface area (Å²) in [6.07, 6.45) is 1.08. The summed E-state index contributed by atoms with van der Waals surface area (Å²) in [7, 11) is 1.58. The van der Waals surface area contributed by atoms with E-state index < -0.39 is 5.63 Å². The van der Waals surface area contributed by atoms with Gasteiger partial charge in [0, 0.05) is 26.1 Å². The van der Waals surface area contributed by atoms with E-state index in [0.717, 1.165) is 0 Å². The lowest BCUT2D eigenvalue weighted by Crippen LogP contribution is -2.42. The second-order valence-electron chi connectivity index (χ2n) is 4.81. The molecule has 1 aromatic rings. The molecule has 0 radical (unpaired) electrons. The first-order valence-electron chi connectivity index (χ1n) is 6.17. The van der Waals surface area contributed by atoms with Gasteiger partial charge in [-0.05, 0) is 19.8 Å². The lowest BCUT2D eigenvalue weighted by molar-refractivity contribution is -0.123. The SMILES string of the molecule is Cc1c(C(=O)N2CCC(C(N)=O)CC2)c(=O)on1C. The lowest BCUT2D eigenvalue weighted by Gasteiger charge is -2.30. The van der Waals surface area contributed by atoms with Gasteiger partial charge < -0.3 is 15.2 Å². The normalized spacial score (nSPS) is 16.6. The number of hydrogen-bond acceptors (Lipinski definition) is 4. The number of nitrogens with two attached hydrogens (primary N) is 1. The zero-order valence-corrected chi connectivity index (χ0v) is 11.0. The zero-order chi connectivity index (χ0) is 14.2. The summed E-state index contributed by atoms with van der Waals surface area (Å²) in [5.41, 5.74) is 5.19. The molecule has 0 spiro atoms. The Kier molecular flexibility index (Phi) is 3.46. The first-order valence-corrected chi connectivity index (χ1v) is 6.17. The minimum atomic E-state index is -0.623. The van der Waals surface area contributed by atoms with Crippen LogP contribution in [0.1, 0.15) is 28.9 Å². The highest BCUT2D eigenvalue weighted by molar-refractivity contribution is 5.95. The fourth-order valence-electron chi connectivity index (χ4n) is 2.31. The minimum absolute atomic E-state index is 0.0695. The molecule has 1 aliphatic rings. The molecular formula is C12H17N3O4. The number of aryl methyl sites for hydroxylation is 1. The average Bonchev–Trinajstić information content (AvgIpc) is 2.62. The van der Waals surface area contributed by atoms with Crippen LogP contribution in [0.15, 0.2) is 9.32 Å². The van der Waals surface area contributed by atoms with Gasteiger partial charge in [-0.1, -0.05) is 0 Å². The monoisotopic (exact) mass is 267 g/mol. The number of hydrogen-bond donors (Lipinski definition) is 1. The molecule has 7 nitrogen and oxygen atoms in total. The molecule has 104 valence electrons. The predicted octanol–water partition coefficient (Wildman–Crippen LogP) is -0.376. The molecule has 0 aliphatic carbocycles. The van der Waals surface area contributed by atoms with Gasteiger partial charge in [-0.3, -0.25) is 9.59 Å². The van der Waals surface area contributed by atoms with E-state index in [4.69, 9.17) is 10.3 Å². The zero-order valence-electron chi connectivity index (χ0n) is 11.0. The van der Waals surface area contributed by atoms with Gasteiger partial charge in [-0.25, -0.2) is 9.53 Å². The Morgan fingerprint density at radius 2 is 1.89 bits per heavy atom. The molecule has 2 heterocycles. The first kappa shape index (κ1) is 13.4. The number of primary amides is 1. The molecule has 2 rings (SSSR count). The van der Waals surface area contributed by atoms with Gasteiger partial charge in [0.2, 0.25) is 5.91 Å². The number of amides is 2. The topological polar surface area (TPSA) is 98.5 Å². The molecule has 2 N–H and O–H groups in total. The molecule has 1 aromatic heterocycles. The maximum absolute atomic E-state index is 12.3. The smallest absolute Gasteiger partial charge is 0.369 e. The molecule has 0 bridgehead atoms. The Bertz CT molecular complexity index is 564. The van der Waals surface area contributed by atoms with E-state index in [1.165, 1.54) is 4.74 Å². The summed E-state index contributed by atoms with van der Waals surface area (Å²) in [5.74, 6) is -0.852. The standard InChI is InChI=1S/C12H17N3O4/c1-7-9(12(18)19-14(7)2)11(17)15-5-3-8(4-6-15)10(13)16/h8H,3-6H2,1-2H3,(H2,13,16). The summed E-state index contributed by atoms with van der Waals surface area (Å²) in [4.78, 5) is 36.5. The Labute approximate surface area is 109 Å². The Balaban J connectivity index is 2.14. The number of carbonyl (C=O) groups is 2. The van der Waals surface area contributed by atoms with Crippen molar-refractivity contribution in [3.05, 3.63) is 21.7 Å². The highest BCUT2D eigenvalue weighted by atomic mass is 16.5. The molecule has 0 saturated carbocycles. The summed E-state index contributed by atoms with van der Waals surface area (Å²) >= 11 is 0. The van der Waals surface area contributed by atoms with Gasteiger partial charge in [0.15, 0.2) is 0 Å². The van der Waals surface area contributed by atoms with E-state index in [0.29, 0.717) is 31.6 Å². The number of piperidine rings is 1. The van der Waals surface area contributed by atoms with Crippen LogP contribution in [-0.2, 0) is 11.8 Å². The third-order valence-corrected chi connectivity index (χ3v) is 3.66. The van der Waals surface area contributed by atoms with Crippen LogP contribution in [0.2, 0.25) is 0 Å². The summed E-state index contributed by atoms with van der Waals surface area (Å²) in [6.45, 7) is 2.52. The summed E-state index contributed by atoms with van der Waals surface area (Å²) in [5, 5.41) is 0. The Morgan fingerprint density at radius 3 is 2.32 bits per heavy atom. The van der Waals surface area contributed by atoms with Crippen molar-refractivity contribution >= 4 is 11.8 Å². The molecule has 1 aliphatic heterocycles. The van der Waals surface area contributed by atoms with Crippen molar-refractivity contribution in [1.82, 2.24) is 9.64 Å². The van der Waals surface area contributed by atoms with Gasteiger partial charge in [-0.2, -0.15) is 0 Å². The largest absolute Gasteiger partial charge is 0.370 e. The van der Waals surface area contributed by atoms with E-state index in [1.54, 1.807) is 18.9 Å². The van der Waals surface area contributed by atoms with Crippen LogP contribution < -0.4 is 11.4 Å². The van der Waals surface area contributed by atoms with Gasteiger partial charge in [0.1, 0.15) is 5.56 Å². The fourth-order valence-corrected chi connectivity index (χ4v) is 2.31. The molecule has 1 fully saturated rings. The highest BCUT2D eigenvalue weighted by Crippen LogP contribution is 2.18. The molecule has 0 unspecified atom stereocenters. The van der Waals surface area contributed by atoms with Crippen molar-refractivity contribution < 1.29 is 14.1 Å². The maximum Gasteiger partial charge on any atom is 0.370 e. The lowest BCUT2D eigenvalue weighted by atomic mass is 9.96. The molecule has 19 heavy (non-hydrogen) atoms. The quantitative estimate of drug-likeness (QED) is 0.789. The summed E-state index contributed by atoms with van der Waals surface area (Å²) < 4.78 is 6.14. The van der Waals surface area contributed by atoms with Crippen molar-refractivity contribution in [3.63, 3.8) is 0 Å². The number of rotatable bonds is 2. The molecular weight excluding hydrogens is 250 g/mol.